The Morgan fingerprint density at radius 1 is 1.40 bits per heavy atom. The molecule has 9 heteroatoms. The molecule has 0 aliphatic carbocycles. The first-order valence-corrected chi connectivity index (χ1v) is 8.21. The number of nitrogens with two attached hydrogens (primary N) is 1. The summed E-state index contributed by atoms with van der Waals surface area (Å²) >= 11 is 1.03. The number of nitrogens with zero attached hydrogens (tertiary/aromatic N) is 2. The number of benzene rings is 1. The lowest BCUT2D eigenvalue weighted by Crippen LogP contribution is -2.35. The van der Waals surface area contributed by atoms with E-state index < -0.39 is 35.0 Å². The number of carbonyl (C=O) groups excluding carboxylic acids is 1. The molecule has 0 fully saturated rings. The molecule has 0 aliphatic heterocycles. The summed E-state index contributed by atoms with van der Waals surface area (Å²) in [7, 11) is 0. The molecule has 132 valence electrons. The van der Waals surface area contributed by atoms with Gasteiger partial charge in [-0.15, -0.1) is 11.3 Å². The summed E-state index contributed by atoms with van der Waals surface area (Å²) in [5.41, 5.74) is 5.26. The molecule has 1 atom stereocenters. The average Bonchev–Trinajstić information content (AvgIpc) is 2.86. The standard InChI is InChI=1S/C16H15F3N4OS/c1-8-14(13-10(18)6-9(17)7-11(13)19)22-16(25-8)23-15(24)12(21)4-2-3-5-20/h6-7,12H,2-4,21H2,1H3,(H,22,23,24). The van der Waals surface area contributed by atoms with E-state index in [1.54, 1.807) is 6.92 Å². The van der Waals surface area contributed by atoms with Gasteiger partial charge in [-0.3, -0.25) is 4.79 Å². The van der Waals surface area contributed by atoms with Crippen molar-refractivity contribution < 1.29 is 18.0 Å². The van der Waals surface area contributed by atoms with Gasteiger partial charge in [-0.25, -0.2) is 18.2 Å². The molecule has 1 amide bonds. The first kappa shape index (κ1) is 18.9. The largest absolute Gasteiger partial charge is 0.320 e. The SMILES string of the molecule is Cc1sc(NC(=O)C(N)CCCC#N)nc1-c1c(F)cc(F)cc1F. The van der Waals surface area contributed by atoms with E-state index >= 15 is 0 Å². The molecule has 1 heterocycles. The number of carbonyl (C=O) groups is 1. The zero-order valence-electron chi connectivity index (χ0n) is 13.3. The predicted octanol–water partition coefficient (Wildman–Crippen LogP) is 3.50. The number of hydrogen-bond donors (Lipinski definition) is 2. The molecule has 25 heavy (non-hydrogen) atoms. The number of halogens is 3. The van der Waals surface area contributed by atoms with E-state index in [1.165, 1.54) is 0 Å². The third-order valence-corrected chi connectivity index (χ3v) is 4.30. The number of hydrogen-bond acceptors (Lipinski definition) is 5. The number of anilines is 1. The molecule has 1 aromatic carbocycles. The molecule has 0 aliphatic rings. The zero-order chi connectivity index (χ0) is 18.6. The molecule has 2 aromatic rings. The van der Waals surface area contributed by atoms with Crippen molar-refractivity contribution in [1.29, 1.82) is 5.26 Å². The van der Waals surface area contributed by atoms with Crippen LogP contribution in [-0.4, -0.2) is 16.9 Å². The highest BCUT2D eigenvalue weighted by Crippen LogP contribution is 2.34. The molecule has 2 rings (SSSR count). The van der Waals surface area contributed by atoms with Crippen LogP contribution in [0.5, 0.6) is 0 Å². The number of aromatic nitrogens is 1. The second kappa shape index (κ2) is 8.09. The number of rotatable bonds is 6. The number of aryl methyl sites for hydroxylation is 1. The molecule has 0 saturated heterocycles. The number of nitriles is 1. The van der Waals surface area contributed by atoms with Gasteiger partial charge in [0.2, 0.25) is 5.91 Å². The van der Waals surface area contributed by atoms with Crippen molar-refractivity contribution >= 4 is 22.4 Å². The summed E-state index contributed by atoms with van der Waals surface area (Å²) in [6.07, 6.45) is 1.11. The van der Waals surface area contributed by atoms with Crippen molar-refractivity contribution in [2.24, 2.45) is 5.73 Å². The summed E-state index contributed by atoms with van der Waals surface area (Å²) < 4.78 is 40.8. The van der Waals surface area contributed by atoms with Crippen LogP contribution >= 0.6 is 11.3 Å². The van der Waals surface area contributed by atoms with E-state index in [4.69, 9.17) is 11.0 Å². The topological polar surface area (TPSA) is 91.8 Å². The van der Waals surface area contributed by atoms with Crippen molar-refractivity contribution in [3.8, 4) is 17.3 Å². The number of thiazole rings is 1. The fourth-order valence-corrected chi connectivity index (χ4v) is 3.00. The first-order chi connectivity index (χ1) is 11.8. The van der Waals surface area contributed by atoms with Crippen LogP contribution in [0.2, 0.25) is 0 Å². The Kier molecular flexibility index (Phi) is 6.12. The first-order valence-electron chi connectivity index (χ1n) is 7.39. The molecule has 1 unspecified atom stereocenters. The van der Waals surface area contributed by atoms with E-state index in [2.05, 4.69) is 10.3 Å². The molecule has 0 spiro atoms. The van der Waals surface area contributed by atoms with Crippen LogP contribution in [0.15, 0.2) is 12.1 Å². The van der Waals surface area contributed by atoms with Crippen LogP contribution in [0.4, 0.5) is 18.3 Å². The van der Waals surface area contributed by atoms with Crippen molar-refractivity contribution in [2.45, 2.75) is 32.2 Å². The monoisotopic (exact) mass is 368 g/mol. The minimum atomic E-state index is -1.07. The van der Waals surface area contributed by atoms with E-state index in [1.807, 2.05) is 6.07 Å². The number of nitrogens with one attached hydrogen (secondary N) is 1. The highest BCUT2D eigenvalue weighted by Gasteiger charge is 2.21. The normalized spacial score (nSPS) is 11.8. The van der Waals surface area contributed by atoms with Crippen LogP contribution in [-0.2, 0) is 4.79 Å². The van der Waals surface area contributed by atoms with Gasteiger partial charge in [-0.05, 0) is 19.8 Å². The quantitative estimate of drug-likeness (QED) is 0.764. The Labute approximate surface area is 146 Å². The lowest BCUT2D eigenvalue weighted by molar-refractivity contribution is -0.117. The van der Waals surface area contributed by atoms with Gasteiger partial charge in [0.25, 0.3) is 0 Å². The van der Waals surface area contributed by atoms with Gasteiger partial charge in [0.05, 0.1) is 23.4 Å². The van der Waals surface area contributed by atoms with Crippen LogP contribution in [0.25, 0.3) is 11.3 Å². The van der Waals surface area contributed by atoms with Crippen molar-refractivity contribution in [3.05, 3.63) is 34.5 Å². The zero-order valence-corrected chi connectivity index (χ0v) is 14.1. The highest BCUT2D eigenvalue weighted by atomic mass is 32.1. The Morgan fingerprint density at radius 3 is 2.64 bits per heavy atom. The van der Waals surface area contributed by atoms with Crippen molar-refractivity contribution in [2.75, 3.05) is 5.32 Å². The lowest BCUT2D eigenvalue weighted by atomic mass is 10.1. The molecular weight excluding hydrogens is 353 g/mol. The maximum absolute atomic E-state index is 13.9. The Morgan fingerprint density at radius 2 is 2.04 bits per heavy atom. The average molecular weight is 368 g/mol. The summed E-state index contributed by atoms with van der Waals surface area (Å²) in [5.74, 6) is -3.67. The number of amides is 1. The van der Waals surface area contributed by atoms with Gasteiger partial charge in [-0.1, -0.05) is 0 Å². The Hall–Kier alpha value is -2.44. The molecule has 5 nitrogen and oxygen atoms in total. The molecule has 0 bridgehead atoms. The van der Waals surface area contributed by atoms with E-state index in [9.17, 15) is 18.0 Å². The summed E-state index contributed by atoms with van der Waals surface area (Å²) in [5, 5.41) is 11.1. The van der Waals surface area contributed by atoms with Crippen LogP contribution in [0.3, 0.4) is 0 Å². The summed E-state index contributed by atoms with van der Waals surface area (Å²) in [6, 6.07) is 2.28. The molecule has 0 saturated carbocycles. The second-order valence-electron chi connectivity index (χ2n) is 5.31. The lowest BCUT2D eigenvalue weighted by Gasteiger charge is -2.09. The Bertz CT molecular complexity index is 808. The van der Waals surface area contributed by atoms with Gasteiger partial charge in [0.15, 0.2) is 5.13 Å². The van der Waals surface area contributed by atoms with Gasteiger partial charge >= 0.3 is 0 Å². The van der Waals surface area contributed by atoms with Crippen molar-refractivity contribution in [3.63, 3.8) is 0 Å². The minimum Gasteiger partial charge on any atom is -0.320 e. The summed E-state index contributed by atoms with van der Waals surface area (Å²) in [4.78, 5) is 16.5. The Balaban J connectivity index is 2.18. The van der Waals surface area contributed by atoms with E-state index in [0.29, 0.717) is 36.3 Å². The van der Waals surface area contributed by atoms with E-state index in [0.717, 1.165) is 11.3 Å². The minimum absolute atomic E-state index is 0.00616. The molecule has 0 radical (unpaired) electrons. The van der Waals surface area contributed by atoms with Gasteiger partial charge in [0.1, 0.15) is 17.5 Å². The van der Waals surface area contributed by atoms with Crippen LogP contribution in [0.1, 0.15) is 24.1 Å². The fraction of sp³-hybridized carbons (Fsp3) is 0.312. The van der Waals surface area contributed by atoms with Gasteiger partial charge in [-0.2, -0.15) is 5.26 Å². The third kappa shape index (κ3) is 4.55. The third-order valence-electron chi connectivity index (χ3n) is 3.41. The molecular formula is C16H15F3N4OS. The van der Waals surface area contributed by atoms with Crippen LogP contribution < -0.4 is 11.1 Å². The maximum atomic E-state index is 13.9. The molecule has 1 aromatic heterocycles. The van der Waals surface area contributed by atoms with Gasteiger partial charge < -0.3 is 11.1 Å². The summed E-state index contributed by atoms with van der Waals surface area (Å²) in [6.45, 7) is 1.58. The maximum Gasteiger partial charge on any atom is 0.243 e. The highest BCUT2D eigenvalue weighted by molar-refractivity contribution is 7.16. The second-order valence-corrected chi connectivity index (χ2v) is 6.52. The fourth-order valence-electron chi connectivity index (χ4n) is 2.18. The smallest absolute Gasteiger partial charge is 0.243 e. The van der Waals surface area contributed by atoms with Crippen molar-refractivity contribution in [1.82, 2.24) is 4.98 Å². The van der Waals surface area contributed by atoms with Crippen LogP contribution in [0, 0.1) is 35.7 Å². The predicted molar refractivity (Wildman–Crippen MR) is 88.2 cm³/mol. The molecule has 3 N–H and O–H groups in total. The van der Waals surface area contributed by atoms with E-state index in [-0.39, 0.29) is 10.8 Å². The van der Waals surface area contributed by atoms with Gasteiger partial charge in [0, 0.05) is 23.4 Å². The number of unbranched alkanes of at least 4 members (excludes halogenated alkanes) is 1.